The van der Waals surface area contributed by atoms with Crippen molar-refractivity contribution in [1.82, 2.24) is 9.97 Å². The maximum atomic E-state index is 6.14. The molecule has 2 saturated heterocycles. The van der Waals surface area contributed by atoms with Gasteiger partial charge in [-0.3, -0.25) is 0 Å². The average molecular weight is 386 g/mol. The number of anilines is 3. The lowest BCUT2D eigenvalue weighted by molar-refractivity contribution is 0.446. The zero-order chi connectivity index (χ0) is 18.6. The van der Waals surface area contributed by atoms with E-state index in [9.17, 15) is 0 Å². The Labute approximate surface area is 167 Å². The van der Waals surface area contributed by atoms with Crippen molar-refractivity contribution in [2.45, 2.75) is 38.6 Å². The van der Waals surface area contributed by atoms with Gasteiger partial charge in [0.25, 0.3) is 0 Å². The molecule has 2 aliphatic rings. The number of benzene rings is 1. The topological polar surface area (TPSA) is 35.5 Å². The minimum Gasteiger partial charge on any atom is -0.368 e. The summed E-state index contributed by atoms with van der Waals surface area (Å²) in [5, 5.41) is 0.790. The second kappa shape index (κ2) is 8.34. The Morgan fingerprint density at radius 1 is 1.04 bits per heavy atom. The molecule has 0 N–H and O–H groups in total. The number of hydrogen-bond acceptors (Lipinski definition) is 5. The van der Waals surface area contributed by atoms with Gasteiger partial charge in [0.05, 0.1) is 0 Å². The van der Waals surface area contributed by atoms with E-state index in [1.807, 2.05) is 24.4 Å². The second-order valence-corrected chi connectivity index (χ2v) is 7.86. The van der Waals surface area contributed by atoms with Crippen molar-refractivity contribution in [2.24, 2.45) is 0 Å². The van der Waals surface area contributed by atoms with Gasteiger partial charge in [-0.1, -0.05) is 24.6 Å². The third-order valence-corrected chi connectivity index (χ3v) is 5.99. The zero-order valence-electron chi connectivity index (χ0n) is 16.0. The van der Waals surface area contributed by atoms with Crippen molar-refractivity contribution < 1.29 is 0 Å². The van der Waals surface area contributed by atoms with Crippen molar-refractivity contribution in [2.75, 3.05) is 47.4 Å². The number of piperazine rings is 1. The van der Waals surface area contributed by atoms with Gasteiger partial charge >= 0.3 is 0 Å². The standard InChI is InChI=1S/C21H28ClN5/c1-2-18-7-3-4-11-27(18)20-9-10-23-21(24-20)26-14-12-25(13-15-26)19-8-5-6-17(22)16-19/h5-6,8-10,16,18H,2-4,7,11-15H2,1H3. The van der Waals surface area contributed by atoms with E-state index in [4.69, 9.17) is 16.6 Å². The van der Waals surface area contributed by atoms with E-state index in [1.165, 1.54) is 31.4 Å². The van der Waals surface area contributed by atoms with Gasteiger partial charge in [-0.2, -0.15) is 4.98 Å². The molecule has 0 aliphatic carbocycles. The van der Waals surface area contributed by atoms with E-state index >= 15 is 0 Å². The first-order valence-electron chi connectivity index (χ1n) is 10.1. The van der Waals surface area contributed by atoms with Crippen LogP contribution in [-0.4, -0.2) is 48.7 Å². The monoisotopic (exact) mass is 385 g/mol. The molecule has 5 nitrogen and oxygen atoms in total. The van der Waals surface area contributed by atoms with Crippen LogP contribution in [0.15, 0.2) is 36.5 Å². The Hall–Kier alpha value is -2.01. The molecule has 0 radical (unpaired) electrons. The number of nitrogens with zero attached hydrogens (tertiary/aromatic N) is 5. The van der Waals surface area contributed by atoms with E-state index in [-0.39, 0.29) is 0 Å². The highest BCUT2D eigenvalue weighted by atomic mass is 35.5. The van der Waals surface area contributed by atoms with Gasteiger partial charge < -0.3 is 14.7 Å². The smallest absolute Gasteiger partial charge is 0.227 e. The molecule has 1 aromatic heterocycles. The molecule has 3 heterocycles. The van der Waals surface area contributed by atoms with Crippen LogP contribution in [0.4, 0.5) is 17.5 Å². The fourth-order valence-corrected chi connectivity index (χ4v) is 4.40. The highest BCUT2D eigenvalue weighted by molar-refractivity contribution is 6.30. The molecule has 1 aromatic carbocycles. The molecular weight excluding hydrogens is 358 g/mol. The van der Waals surface area contributed by atoms with Crippen LogP contribution in [0.1, 0.15) is 32.6 Å². The third-order valence-electron chi connectivity index (χ3n) is 5.76. The minimum atomic E-state index is 0.612. The minimum absolute atomic E-state index is 0.612. The predicted molar refractivity (Wildman–Crippen MR) is 113 cm³/mol. The Kier molecular flexibility index (Phi) is 5.67. The molecule has 4 rings (SSSR count). The Balaban J connectivity index is 1.44. The van der Waals surface area contributed by atoms with Crippen molar-refractivity contribution in [3.05, 3.63) is 41.6 Å². The molecule has 6 heteroatoms. The van der Waals surface area contributed by atoms with Gasteiger partial charge in [0.1, 0.15) is 5.82 Å². The summed E-state index contributed by atoms with van der Waals surface area (Å²) in [6.07, 6.45) is 6.96. The van der Waals surface area contributed by atoms with Crippen molar-refractivity contribution >= 4 is 29.1 Å². The molecule has 2 aliphatic heterocycles. The molecule has 0 amide bonds. The number of hydrogen-bond donors (Lipinski definition) is 0. The van der Waals surface area contributed by atoms with Crippen molar-refractivity contribution in [3.63, 3.8) is 0 Å². The van der Waals surface area contributed by atoms with Crippen LogP contribution < -0.4 is 14.7 Å². The zero-order valence-corrected chi connectivity index (χ0v) is 16.8. The number of aromatic nitrogens is 2. The molecular formula is C21H28ClN5. The lowest BCUT2D eigenvalue weighted by Crippen LogP contribution is -2.47. The summed E-state index contributed by atoms with van der Waals surface area (Å²) < 4.78 is 0. The number of piperidine rings is 1. The van der Waals surface area contributed by atoms with Gasteiger partial charge in [-0.05, 0) is 49.9 Å². The van der Waals surface area contributed by atoms with Gasteiger partial charge in [-0.25, -0.2) is 4.98 Å². The average Bonchev–Trinajstić information content (AvgIpc) is 2.74. The van der Waals surface area contributed by atoms with E-state index in [0.717, 1.165) is 49.5 Å². The number of rotatable bonds is 4. The van der Waals surface area contributed by atoms with Gasteiger partial charge in [0.2, 0.25) is 5.95 Å². The van der Waals surface area contributed by atoms with Crippen LogP contribution in [-0.2, 0) is 0 Å². The maximum absolute atomic E-state index is 6.14. The summed E-state index contributed by atoms with van der Waals surface area (Å²) in [5.74, 6) is 1.95. The third kappa shape index (κ3) is 4.13. The van der Waals surface area contributed by atoms with Crippen molar-refractivity contribution in [3.8, 4) is 0 Å². The Morgan fingerprint density at radius 2 is 1.85 bits per heavy atom. The lowest BCUT2D eigenvalue weighted by atomic mass is 10.0. The molecule has 2 aromatic rings. The molecule has 144 valence electrons. The van der Waals surface area contributed by atoms with Gasteiger partial charge in [0, 0.05) is 55.7 Å². The fourth-order valence-electron chi connectivity index (χ4n) is 4.22. The quantitative estimate of drug-likeness (QED) is 0.787. The van der Waals surface area contributed by atoms with Crippen LogP contribution in [0.2, 0.25) is 5.02 Å². The molecule has 1 atom stereocenters. The first-order valence-corrected chi connectivity index (χ1v) is 10.5. The fraction of sp³-hybridized carbons (Fsp3) is 0.524. The predicted octanol–water partition coefficient (Wildman–Crippen LogP) is 4.23. The molecule has 0 spiro atoms. The van der Waals surface area contributed by atoms with Crippen LogP contribution >= 0.6 is 11.6 Å². The maximum Gasteiger partial charge on any atom is 0.227 e. The molecule has 0 saturated carbocycles. The summed E-state index contributed by atoms with van der Waals surface area (Å²) in [7, 11) is 0. The van der Waals surface area contributed by atoms with E-state index in [1.54, 1.807) is 0 Å². The van der Waals surface area contributed by atoms with Crippen LogP contribution in [0.25, 0.3) is 0 Å². The van der Waals surface area contributed by atoms with Crippen LogP contribution in [0.5, 0.6) is 0 Å². The summed E-state index contributed by atoms with van der Waals surface area (Å²) in [6.45, 7) is 7.14. The van der Waals surface area contributed by atoms with Crippen LogP contribution in [0.3, 0.4) is 0 Å². The summed E-state index contributed by atoms with van der Waals surface area (Å²) >= 11 is 6.14. The van der Waals surface area contributed by atoms with E-state index < -0.39 is 0 Å². The number of halogens is 1. The summed E-state index contributed by atoms with van der Waals surface area (Å²) in [6, 6.07) is 10.8. The lowest BCUT2D eigenvalue weighted by Gasteiger charge is -2.38. The van der Waals surface area contributed by atoms with E-state index in [2.05, 4.69) is 38.7 Å². The Morgan fingerprint density at radius 3 is 2.63 bits per heavy atom. The molecule has 2 fully saturated rings. The first-order chi connectivity index (χ1) is 13.2. The van der Waals surface area contributed by atoms with Crippen LogP contribution in [0, 0.1) is 0 Å². The molecule has 0 bridgehead atoms. The van der Waals surface area contributed by atoms with Gasteiger partial charge in [0.15, 0.2) is 0 Å². The summed E-state index contributed by atoms with van der Waals surface area (Å²) in [5.41, 5.74) is 1.19. The highest BCUT2D eigenvalue weighted by Crippen LogP contribution is 2.27. The van der Waals surface area contributed by atoms with Crippen molar-refractivity contribution in [1.29, 1.82) is 0 Å². The molecule has 27 heavy (non-hydrogen) atoms. The first kappa shape index (κ1) is 18.4. The summed E-state index contributed by atoms with van der Waals surface area (Å²) in [4.78, 5) is 16.7. The normalized spacial score (nSPS) is 20.8. The van der Waals surface area contributed by atoms with Gasteiger partial charge in [-0.15, -0.1) is 0 Å². The van der Waals surface area contributed by atoms with E-state index in [0.29, 0.717) is 6.04 Å². The SMILES string of the molecule is CCC1CCCCN1c1ccnc(N2CCN(c3cccc(Cl)c3)CC2)n1. The largest absolute Gasteiger partial charge is 0.368 e. The second-order valence-electron chi connectivity index (χ2n) is 7.42. The highest BCUT2D eigenvalue weighted by Gasteiger charge is 2.24. The molecule has 1 unspecified atom stereocenters. The Bertz CT molecular complexity index is 760.